The Hall–Kier alpha value is -3.32. The summed E-state index contributed by atoms with van der Waals surface area (Å²) in [5.74, 6) is 0.620. The molecule has 3 aromatic rings. The van der Waals surface area contributed by atoms with Gasteiger partial charge in [-0.3, -0.25) is 4.79 Å². The fourth-order valence-corrected chi connectivity index (χ4v) is 3.91. The summed E-state index contributed by atoms with van der Waals surface area (Å²) in [7, 11) is 1.61. The molecule has 34 heavy (non-hydrogen) atoms. The molecule has 1 atom stereocenters. The number of ether oxygens (including phenoxy) is 3. The van der Waals surface area contributed by atoms with E-state index in [0.717, 1.165) is 16.9 Å². The molecule has 0 saturated carbocycles. The molecule has 0 radical (unpaired) electrons. The number of aromatic nitrogens is 1. The van der Waals surface area contributed by atoms with Gasteiger partial charge in [0, 0.05) is 6.20 Å². The first-order chi connectivity index (χ1) is 16.1. The van der Waals surface area contributed by atoms with Crippen molar-refractivity contribution in [3.63, 3.8) is 0 Å². The van der Waals surface area contributed by atoms with E-state index < -0.39 is 11.4 Å². The number of hydrogen-bond donors (Lipinski definition) is 1. The van der Waals surface area contributed by atoms with E-state index in [9.17, 15) is 14.7 Å². The van der Waals surface area contributed by atoms with E-state index in [1.165, 1.54) is 6.20 Å². The van der Waals surface area contributed by atoms with Gasteiger partial charge in [-0.25, -0.2) is 4.79 Å². The van der Waals surface area contributed by atoms with Crippen LogP contribution in [0.5, 0.6) is 11.5 Å². The van der Waals surface area contributed by atoms with Crippen LogP contribution in [0.4, 0.5) is 0 Å². The number of esters is 1. The van der Waals surface area contributed by atoms with Crippen molar-refractivity contribution in [1.29, 1.82) is 0 Å². The molecule has 1 aromatic heterocycles. The SMILES string of the molecule is CCOC(=O)c1cn([C@H](CO)C(C)(C)C)c2cc(C)c(OCc3ccc(OC)cc3)cc2c1=O. The maximum absolute atomic E-state index is 13.3. The monoisotopic (exact) mass is 467 g/mol. The Labute approximate surface area is 199 Å². The Bertz CT molecular complexity index is 1220. The van der Waals surface area contributed by atoms with E-state index in [4.69, 9.17) is 14.2 Å². The molecular weight excluding hydrogens is 434 g/mol. The number of aliphatic hydroxyl groups excluding tert-OH is 1. The van der Waals surface area contributed by atoms with E-state index in [1.54, 1.807) is 20.1 Å². The van der Waals surface area contributed by atoms with Crippen LogP contribution >= 0.6 is 0 Å². The molecule has 1 heterocycles. The molecule has 2 aromatic carbocycles. The van der Waals surface area contributed by atoms with Gasteiger partial charge in [-0.1, -0.05) is 32.9 Å². The van der Waals surface area contributed by atoms with Crippen molar-refractivity contribution in [1.82, 2.24) is 4.57 Å². The molecule has 0 spiro atoms. The molecule has 0 saturated heterocycles. The smallest absolute Gasteiger partial charge is 0.343 e. The number of pyridine rings is 1. The standard InChI is InChI=1S/C27H33NO6/c1-7-33-26(31)21-14-28(24(15-29)27(3,4)5)22-12-17(2)23(13-20(22)25(21)30)34-16-18-8-10-19(32-6)11-9-18/h8-14,24,29H,7,15-16H2,1-6H3/t24-/m1/s1. The van der Waals surface area contributed by atoms with Gasteiger partial charge in [0.05, 0.1) is 37.3 Å². The molecule has 1 N–H and O–H groups in total. The van der Waals surface area contributed by atoms with Gasteiger partial charge < -0.3 is 23.9 Å². The third kappa shape index (κ3) is 5.25. The number of carbonyl (C=O) groups is 1. The van der Waals surface area contributed by atoms with E-state index >= 15 is 0 Å². The third-order valence-corrected chi connectivity index (χ3v) is 5.89. The molecule has 0 aliphatic heterocycles. The van der Waals surface area contributed by atoms with Crippen molar-refractivity contribution in [3.8, 4) is 11.5 Å². The quantitative estimate of drug-likeness (QED) is 0.485. The van der Waals surface area contributed by atoms with E-state index in [2.05, 4.69) is 0 Å². The van der Waals surface area contributed by atoms with E-state index in [-0.39, 0.29) is 30.2 Å². The highest BCUT2D eigenvalue weighted by Crippen LogP contribution is 2.34. The molecule has 0 unspecified atom stereocenters. The highest BCUT2D eigenvalue weighted by atomic mass is 16.5. The molecule has 0 aliphatic rings. The zero-order valence-corrected chi connectivity index (χ0v) is 20.7. The van der Waals surface area contributed by atoms with Gasteiger partial charge >= 0.3 is 5.97 Å². The lowest BCUT2D eigenvalue weighted by molar-refractivity contribution is 0.0522. The second-order valence-electron chi connectivity index (χ2n) is 9.34. The lowest BCUT2D eigenvalue weighted by Gasteiger charge is -2.33. The summed E-state index contributed by atoms with van der Waals surface area (Å²) in [6, 6.07) is 10.7. The van der Waals surface area contributed by atoms with E-state index in [1.807, 2.05) is 62.6 Å². The molecule has 0 fully saturated rings. The van der Waals surface area contributed by atoms with Crippen LogP contribution in [0, 0.1) is 12.3 Å². The number of benzene rings is 2. The van der Waals surface area contributed by atoms with Crippen LogP contribution in [-0.4, -0.2) is 36.0 Å². The summed E-state index contributed by atoms with van der Waals surface area (Å²) in [5.41, 5.74) is 1.59. The number of fused-ring (bicyclic) bond motifs is 1. The highest BCUT2D eigenvalue weighted by molar-refractivity contribution is 5.94. The molecule has 7 heteroatoms. The molecule has 3 rings (SSSR count). The van der Waals surface area contributed by atoms with Crippen molar-refractivity contribution in [2.75, 3.05) is 20.3 Å². The van der Waals surface area contributed by atoms with Crippen LogP contribution in [-0.2, 0) is 11.3 Å². The van der Waals surface area contributed by atoms with Gasteiger partial charge in [0.1, 0.15) is 23.7 Å². The van der Waals surface area contributed by atoms with Gasteiger partial charge in [-0.15, -0.1) is 0 Å². The first kappa shape index (κ1) is 25.3. The van der Waals surface area contributed by atoms with Crippen molar-refractivity contribution < 1.29 is 24.1 Å². The number of rotatable bonds is 8. The molecule has 0 aliphatic carbocycles. The van der Waals surface area contributed by atoms with Crippen LogP contribution in [0.25, 0.3) is 10.9 Å². The fraction of sp³-hybridized carbons (Fsp3) is 0.407. The van der Waals surface area contributed by atoms with Gasteiger partial charge in [0.25, 0.3) is 0 Å². The zero-order valence-electron chi connectivity index (χ0n) is 20.7. The fourth-order valence-electron chi connectivity index (χ4n) is 3.91. The van der Waals surface area contributed by atoms with Crippen LogP contribution in [0.3, 0.4) is 0 Å². The highest BCUT2D eigenvalue weighted by Gasteiger charge is 2.29. The Morgan fingerprint density at radius 3 is 2.38 bits per heavy atom. The maximum atomic E-state index is 13.3. The molecule has 0 bridgehead atoms. The Balaban J connectivity index is 2.13. The van der Waals surface area contributed by atoms with Crippen LogP contribution in [0.15, 0.2) is 47.4 Å². The van der Waals surface area contributed by atoms with Crippen molar-refractivity contribution in [2.24, 2.45) is 5.41 Å². The summed E-state index contributed by atoms with van der Waals surface area (Å²) in [6.07, 6.45) is 1.51. The number of aryl methyl sites for hydroxylation is 1. The number of methoxy groups -OCH3 is 1. The zero-order chi connectivity index (χ0) is 25.0. The van der Waals surface area contributed by atoms with Gasteiger partial charge in [0.2, 0.25) is 5.43 Å². The minimum absolute atomic E-state index is 0.0676. The van der Waals surface area contributed by atoms with Crippen molar-refractivity contribution in [2.45, 2.75) is 47.3 Å². The van der Waals surface area contributed by atoms with Crippen LogP contribution in [0.1, 0.15) is 55.2 Å². The molecule has 0 amide bonds. The first-order valence-corrected chi connectivity index (χ1v) is 11.3. The van der Waals surface area contributed by atoms with Gasteiger partial charge in [0.15, 0.2) is 0 Å². The Morgan fingerprint density at radius 2 is 1.82 bits per heavy atom. The summed E-state index contributed by atoms with van der Waals surface area (Å²) >= 11 is 0. The largest absolute Gasteiger partial charge is 0.497 e. The van der Waals surface area contributed by atoms with Crippen LogP contribution in [0.2, 0.25) is 0 Å². The Kier molecular flexibility index (Phi) is 7.67. The van der Waals surface area contributed by atoms with Crippen molar-refractivity contribution in [3.05, 3.63) is 69.5 Å². The number of nitrogens with zero attached hydrogens (tertiary/aromatic N) is 1. The molecule has 182 valence electrons. The minimum atomic E-state index is -0.685. The first-order valence-electron chi connectivity index (χ1n) is 11.3. The predicted molar refractivity (Wildman–Crippen MR) is 132 cm³/mol. The lowest BCUT2D eigenvalue weighted by atomic mass is 9.86. The topological polar surface area (TPSA) is 87.0 Å². The van der Waals surface area contributed by atoms with Crippen molar-refractivity contribution >= 4 is 16.9 Å². The summed E-state index contributed by atoms with van der Waals surface area (Å²) < 4.78 is 18.2. The van der Waals surface area contributed by atoms with Gasteiger partial charge in [-0.05, 0) is 54.7 Å². The predicted octanol–water partition coefficient (Wildman–Crippen LogP) is 4.65. The van der Waals surface area contributed by atoms with Gasteiger partial charge in [-0.2, -0.15) is 0 Å². The second kappa shape index (κ2) is 10.3. The third-order valence-electron chi connectivity index (χ3n) is 5.89. The second-order valence-corrected chi connectivity index (χ2v) is 9.34. The number of aliphatic hydroxyl groups is 1. The summed E-state index contributed by atoms with van der Waals surface area (Å²) in [6.45, 7) is 9.91. The number of carbonyl (C=O) groups excluding carboxylic acids is 1. The van der Waals surface area contributed by atoms with Crippen LogP contribution < -0.4 is 14.9 Å². The molecule has 7 nitrogen and oxygen atoms in total. The maximum Gasteiger partial charge on any atom is 0.343 e. The Morgan fingerprint density at radius 1 is 1.15 bits per heavy atom. The average Bonchev–Trinajstić information content (AvgIpc) is 2.79. The van der Waals surface area contributed by atoms with E-state index in [0.29, 0.717) is 23.3 Å². The average molecular weight is 468 g/mol. The lowest BCUT2D eigenvalue weighted by Crippen LogP contribution is -2.31. The summed E-state index contributed by atoms with van der Waals surface area (Å²) in [5, 5.41) is 10.5. The molecular formula is C27H33NO6. The number of hydrogen-bond acceptors (Lipinski definition) is 6. The minimum Gasteiger partial charge on any atom is -0.497 e. The summed E-state index contributed by atoms with van der Waals surface area (Å²) in [4.78, 5) is 25.9. The normalized spacial score (nSPS) is 12.4.